The van der Waals surface area contributed by atoms with Crippen molar-refractivity contribution in [2.45, 2.75) is 26.8 Å². The number of halogens is 1. The minimum atomic E-state index is -0.0892. The molecule has 1 aromatic carbocycles. The fourth-order valence-electron chi connectivity index (χ4n) is 2.03. The third kappa shape index (κ3) is 4.55. The molecule has 0 aliphatic heterocycles. The molecule has 0 saturated heterocycles. The molecule has 0 saturated carbocycles. The third-order valence-corrected chi connectivity index (χ3v) is 3.87. The first-order valence-corrected chi connectivity index (χ1v) is 7.55. The van der Waals surface area contributed by atoms with Crippen LogP contribution in [0.3, 0.4) is 0 Å². The van der Waals surface area contributed by atoms with E-state index in [9.17, 15) is 4.79 Å². The summed E-state index contributed by atoms with van der Waals surface area (Å²) in [5.74, 6) is -0.0892. The minimum Gasteiger partial charge on any atom is -0.325 e. The number of hydrogen-bond acceptors (Lipinski definition) is 3. The van der Waals surface area contributed by atoms with E-state index < -0.39 is 0 Å². The molecule has 2 rings (SSSR count). The van der Waals surface area contributed by atoms with E-state index in [1.807, 2.05) is 45.2 Å². The van der Waals surface area contributed by atoms with Gasteiger partial charge in [-0.3, -0.25) is 9.78 Å². The molecular weight excluding hydrogens is 298 g/mol. The van der Waals surface area contributed by atoms with Crippen molar-refractivity contribution in [2.24, 2.45) is 0 Å². The van der Waals surface area contributed by atoms with Gasteiger partial charge in [0, 0.05) is 28.6 Å². The van der Waals surface area contributed by atoms with E-state index in [-0.39, 0.29) is 18.5 Å². The summed E-state index contributed by atoms with van der Waals surface area (Å²) in [4.78, 5) is 16.2. The van der Waals surface area contributed by atoms with Crippen molar-refractivity contribution >= 4 is 23.2 Å². The highest BCUT2D eigenvalue weighted by atomic mass is 35.5. The van der Waals surface area contributed by atoms with Crippen molar-refractivity contribution in [1.82, 2.24) is 10.3 Å². The third-order valence-electron chi connectivity index (χ3n) is 3.44. The van der Waals surface area contributed by atoms with Gasteiger partial charge in [0.05, 0.1) is 6.54 Å². The van der Waals surface area contributed by atoms with Crippen LogP contribution in [0.2, 0.25) is 5.02 Å². The minimum absolute atomic E-state index is 0.0609. The van der Waals surface area contributed by atoms with Crippen molar-refractivity contribution in [3.63, 3.8) is 0 Å². The number of benzene rings is 1. The van der Waals surface area contributed by atoms with Crippen LogP contribution >= 0.6 is 11.6 Å². The summed E-state index contributed by atoms with van der Waals surface area (Å²) in [7, 11) is 0. The van der Waals surface area contributed by atoms with Crippen LogP contribution in [0, 0.1) is 13.8 Å². The SMILES string of the molecule is Cc1ccc(C(C)NCC(=O)Nc2ccc(Cl)c(C)c2)cn1. The molecule has 0 fully saturated rings. The molecule has 2 aromatic rings. The van der Waals surface area contributed by atoms with Crippen LogP contribution in [0.25, 0.3) is 0 Å². The maximum atomic E-state index is 12.0. The zero-order valence-electron chi connectivity index (χ0n) is 13.0. The Morgan fingerprint density at radius 1 is 1.27 bits per heavy atom. The molecular formula is C17H20ClN3O. The molecule has 2 N–H and O–H groups in total. The molecule has 0 aliphatic rings. The van der Waals surface area contributed by atoms with E-state index in [4.69, 9.17) is 11.6 Å². The highest BCUT2D eigenvalue weighted by molar-refractivity contribution is 6.31. The predicted octanol–water partition coefficient (Wildman–Crippen LogP) is 3.64. The van der Waals surface area contributed by atoms with Crippen LogP contribution in [0.1, 0.15) is 29.8 Å². The lowest BCUT2D eigenvalue weighted by molar-refractivity contribution is -0.115. The lowest BCUT2D eigenvalue weighted by Crippen LogP contribution is -2.30. The Morgan fingerprint density at radius 3 is 2.68 bits per heavy atom. The quantitative estimate of drug-likeness (QED) is 0.885. The molecule has 0 aliphatic carbocycles. The molecule has 5 heteroatoms. The van der Waals surface area contributed by atoms with Crippen molar-refractivity contribution < 1.29 is 4.79 Å². The number of carbonyl (C=O) groups excluding carboxylic acids is 1. The van der Waals surface area contributed by atoms with E-state index in [2.05, 4.69) is 15.6 Å². The number of hydrogen-bond donors (Lipinski definition) is 2. The molecule has 22 heavy (non-hydrogen) atoms. The first-order valence-electron chi connectivity index (χ1n) is 7.17. The number of rotatable bonds is 5. The molecule has 0 bridgehead atoms. The number of aryl methyl sites for hydroxylation is 2. The second kappa shape index (κ2) is 7.38. The zero-order chi connectivity index (χ0) is 16.1. The molecule has 0 spiro atoms. The zero-order valence-corrected chi connectivity index (χ0v) is 13.7. The van der Waals surface area contributed by atoms with Gasteiger partial charge in [-0.25, -0.2) is 0 Å². The van der Waals surface area contributed by atoms with Gasteiger partial charge in [0.25, 0.3) is 0 Å². The van der Waals surface area contributed by atoms with E-state index >= 15 is 0 Å². The highest BCUT2D eigenvalue weighted by Crippen LogP contribution is 2.19. The first kappa shape index (κ1) is 16.5. The van der Waals surface area contributed by atoms with Crippen LogP contribution in [-0.4, -0.2) is 17.4 Å². The number of pyridine rings is 1. The number of nitrogens with one attached hydrogen (secondary N) is 2. The van der Waals surface area contributed by atoms with Gasteiger partial charge >= 0.3 is 0 Å². The van der Waals surface area contributed by atoms with E-state index in [1.54, 1.807) is 12.1 Å². The van der Waals surface area contributed by atoms with Gasteiger partial charge < -0.3 is 10.6 Å². The van der Waals surface area contributed by atoms with Crippen molar-refractivity contribution in [3.8, 4) is 0 Å². The molecule has 1 atom stereocenters. The number of anilines is 1. The maximum absolute atomic E-state index is 12.0. The summed E-state index contributed by atoms with van der Waals surface area (Å²) < 4.78 is 0. The summed E-state index contributed by atoms with van der Waals surface area (Å²) in [5, 5.41) is 6.73. The average molecular weight is 318 g/mol. The van der Waals surface area contributed by atoms with Crippen molar-refractivity contribution in [3.05, 3.63) is 58.4 Å². The van der Waals surface area contributed by atoms with Crippen LogP contribution in [0.5, 0.6) is 0 Å². The Balaban J connectivity index is 1.86. The fraction of sp³-hybridized carbons (Fsp3) is 0.294. The van der Waals surface area contributed by atoms with Crippen LogP contribution < -0.4 is 10.6 Å². The Bertz CT molecular complexity index is 655. The van der Waals surface area contributed by atoms with Crippen molar-refractivity contribution in [1.29, 1.82) is 0 Å². The van der Waals surface area contributed by atoms with Gasteiger partial charge in [-0.1, -0.05) is 17.7 Å². The molecule has 0 radical (unpaired) electrons. The molecule has 1 unspecified atom stereocenters. The van der Waals surface area contributed by atoms with Gasteiger partial charge in [0.1, 0.15) is 0 Å². The van der Waals surface area contributed by atoms with Gasteiger partial charge in [-0.05, 0) is 56.2 Å². The summed E-state index contributed by atoms with van der Waals surface area (Å²) in [6.45, 7) is 6.09. The Hall–Kier alpha value is -1.91. The van der Waals surface area contributed by atoms with Gasteiger partial charge in [0.2, 0.25) is 5.91 Å². The van der Waals surface area contributed by atoms with E-state index in [0.29, 0.717) is 5.02 Å². The predicted molar refractivity (Wildman–Crippen MR) is 90.2 cm³/mol. The fourth-order valence-corrected chi connectivity index (χ4v) is 2.14. The maximum Gasteiger partial charge on any atom is 0.238 e. The standard InChI is InChI=1S/C17H20ClN3O/c1-11-8-15(6-7-16(11)18)21-17(22)10-20-13(3)14-5-4-12(2)19-9-14/h4-9,13,20H,10H2,1-3H3,(H,21,22). The summed E-state index contributed by atoms with van der Waals surface area (Å²) in [5.41, 5.74) is 3.72. The second-order valence-electron chi connectivity index (χ2n) is 5.35. The van der Waals surface area contributed by atoms with Gasteiger partial charge in [0.15, 0.2) is 0 Å². The molecule has 116 valence electrons. The average Bonchev–Trinajstić information content (AvgIpc) is 2.49. The van der Waals surface area contributed by atoms with Crippen LogP contribution in [0.4, 0.5) is 5.69 Å². The van der Waals surface area contributed by atoms with Crippen molar-refractivity contribution in [2.75, 3.05) is 11.9 Å². The second-order valence-corrected chi connectivity index (χ2v) is 5.75. The lowest BCUT2D eigenvalue weighted by atomic mass is 10.1. The summed E-state index contributed by atoms with van der Waals surface area (Å²) >= 11 is 5.97. The van der Waals surface area contributed by atoms with Crippen LogP contribution in [-0.2, 0) is 4.79 Å². The largest absolute Gasteiger partial charge is 0.325 e. The summed E-state index contributed by atoms with van der Waals surface area (Å²) in [6.07, 6.45) is 1.83. The smallest absolute Gasteiger partial charge is 0.238 e. The summed E-state index contributed by atoms with van der Waals surface area (Å²) in [6, 6.07) is 9.46. The lowest BCUT2D eigenvalue weighted by Gasteiger charge is -2.14. The number of nitrogens with zero attached hydrogens (tertiary/aromatic N) is 1. The number of amides is 1. The number of carbonyl (C=O) groups is 1. The van der Waals surface area contributed by atoms with E-state index in [1.165, 1.54) is 0 Å². The normalized spacial score (nSPS) is 12.0. The molecule has 1 heterocycles. The Morgan fingerprint density at radius 2 is 2.05 bits per heavy atom. The molecule has 4 nitrogen and oxygen atoms in total. The van der Waals surface area contributed by atoms with E-state index in [0.717, 1.165) is 22.5 Å². The Kier molecular flexibility index (Phi) is 5.52. The Labute approximate surface area is 135 Å². The highest BCUT2D eigenvalue weighted by Gasteiger charge is 2.08. The van der Waals surface area contributed by atoms with Gasteiger partial charge in [-0.15, -0.1) is 0 Å². The monoisotopic (exact) mass is 317 g/mol. The van der Waals surface area contributed by atoms with Gasteiger partial charge in [-0.2, -0.15) is 0 Å². The topological polar surface area (TPSA) is 54.0 Å². The number of aromatic nitrogens is 1. The van der Waals surface area contributed by atoms with Crippen LogP contribution in [0.15, 0.2) is 36.5 Å². The first-order chi connectivity index (χ1) is 10.5. The molecule has 1 amide bonds. The molecule has 1 aromatic heterocycles.